The van der Waals surface area contributed by atoms with E-state index in [2.05, 4.69) is 5.32 Å². The molecule has 1 heterocycles. The summed E-state index contributed by atoms with van der Waals surface area (Å²) in [5.74, 6) is -0.0846. The van der Waals surface area contributed by atoms with Crippen molar-refractivity contribution in [1.82, 2.24) is 5.32 Å². The first kappa shape index (κ1) is 31.3. The lowest BCUT2D eigenvalue weighted by Gasteiger charge is -2.46. The molecule has 0 unspecified atom stereocenters. The number of ether oxygens (including phenoxy) is 5. The Morgan fingerprint density at radius 3 is 1.41 bits per heavy atom. The van der Waals surface area contributed by atoms with E-state index >= 15 is 0 Å². The number of rotatable bonds is 15. The van der Waals surface area contributed by atoms with E-state index in [0.717, 1.165) is 22.3 Å². The summed E-state index contributed by atoms with van der Waals surface area (Å²) < 4.78 is 32.6. The van der Waals surface area contributed by atoms with Gasteiger partial charge in [-0.2, -0.15) is 0 Å². The van der Waals surface area contributed by atoms with E-state index in [0.29, 0.717) is 26.4 Å². The topological polar surface area (TPSA) is 75.3 Å². The third-order valence-electron chi connectivity index (χ3n) is 7.20. The Hall–Kier alpha value is -4.11. The van der Waals surface area contributed by atoms with Crippen LogP contribution in [0.3, 0.4) is 0 Å². The zero-order valence-electron chi connectivity index (χ0n) is 24.9. The molecule has 4 aromatic carbocycles. The molecule has 1 N–H and O–H groups in total. The van der Waals surface area contributed by atoms with Crippen molar-refractivity contribution in [2.24, 2.45) is 0 Å². The van der Waals surface area contributed by atoms with Crippen LogP contribution < -0.4 is 5.32 Å². The van der Waals surface area contributed by atoms with Crippen molar-refractivity contribution in [2.75, 3.05) is 0 Å². The maximum Gasteiger partial charge on any atom is 0.189 e. The van der Waals surface area contributed by atoms with Gasteiger partial charge in [-0.25, -0.2) is 0 Å². The zero-order chi connectivity index (χ0) is 30.4. The lowest BCUT2D eigenvalue weighted by atomic mass is 10.00. The van der Waals surface area contributed by atoms with Crippen LogP contribution in [0.15, 0.2) is 134 Å². The first-order valence-electron chi connectivity index (χ1n) is 14.9. The van der Waals surface area contributed by atoms with Crippen LogP contribution in [0, 0.1) is 0 Å². The highest BCUT2D eigenvalue weighted by molar-refractivity contribution is 5.87. The van der Waals surface area contributed by atoms with Crippen LogP contribution in [0.4, 0.5) is 0 Å². The predicted molar refractivity (Wildman–Crippen MR) is 168 cm³/mol. The van der Waals surface area contributed by atoms with Crippen LogP contribution in [-0.2, 0) is 54.9 Å². The number of nitrogens with one attached hydrogen (secondary N) is 1. The van der Waals surface area contributed by atoms with Crippen molar-refractivity contribution in [3.63, 3.8) is 0 Å². The van der Waals surface area contributed by atoms with Gasteiger partial charge >= 0.3 is 0 Å². The summed E-state index contributed by atoms with van der Waals surface area (Å²) in [5, 5.41) is 3.34. The first-order chi connectivity index (χ1) is 21.7. The molecule has 0 saturated carbocycles. The smallest absolute Gasteiger partial charge is 0.189 e. The van der Waals surface area contributed by atoms with E-state index in [1.54, 1.807) is 6.20 Å². The summed E-state index contributed by atoms with van der Waals surface area (Å²) in [5.41, 5.74) is 4.04. The van der Waals surface area contributed by atoms with Crippen molar-refractivity contribution in [1.29, 1.82) is 0 Å². The molecule has 5 atom stereocenters. The summed E-state index contributed by atoms with van der Waals surface area (Å²) in [4.78, 5) is 11.8. The number of benzene rings is 4. The third-order valence-corrected chi connectivity index (χ3v) is 7.20. The highest BCUT2D eigenvalue weighted by Gasteiger charge is 2.48. The fraction of sp³-hybridized carbons (Fsp3) is 0.270. The molecule has 0 amide bonds. The maximum absolute atomic E-state index is 11.8. The highest BCUT2D eigenvalue weighted by atomic mass is 16.8. The van der Waals surface area contributed by atoms with Gasteiger partial charge in [0.25, 0.3) is 0 Å². The van der Waals surface area contributed by atoms with Gasteiger partial charge in [0.15, 0.2) is 18.4 Å². The Morgan fingerprint density at radius 2 is 0.977 bits per heavy atom. The van der Waals surface area contributed by atoms with Gasteiger partial charge in [0.2, 0.25) is 0 Å². The molecular weight excluding hydrogens is 554 g/mol. The number of hydrogen-bond donors (Lipinski definition) is 1. The third kappa shape index (κ3) is 9.44. The maximum atomic E-state index is 11.8. The molecule has 0 radical (unpaired) electrons. The Labute approximate surface area is 259 Å². The molecule has 1 fully saturated rings. The molecule has 228 valence electrons. The van der Waals surface area contributed by atoms with E-state index in [4.69, 9.17) is 23.7 Å². The van der Waals surface area contributed by atoms with Crippen LogP contribution in [-0.4, -0.2) is 36.6 Å². The van der Waals surface area contributed by atoms with E-state index in [9.17, 15) is 4.79 Å². The monoisotopic (exact) mass is 593 g/mol. The molecule has 0 aromatic heterocycles. The summed E-state index contributed by atoms with van der Waals surface area (Å²) >= 11 is 0. The van der Waals surface area contributed by atoms with Crippen molar-refractivity contribution in [2.45, 2.75) is 64.2 Å². The van der Waals surface area contributed by atoms with Gasteiger partial charge in [-0.05, 0) is 35.3 Å². The molecule has 44 heavy (non-hydrogen) atoms. The molecule has 7 heteroatoms. The van der Waals surface area contributed by atoms with Gasteiger partial charge in [0.05, 0.1) is 26.4 Å². The van der Waals surface area contributed by atoms with E-state index < -0.39 is 30.8 Å². The Kier molecular flexibility index (Phi) is 11.9. The average Bonchev–Trinajstić information content (AvgIpc) is 3.07. The molecule has 1 aliphatic rings. The Morgan fingerprint density at radius 1 is 0.591 bits per heavy atom. The van der Waals surface area contributed by atoms with E-state index in [1.165, 1.54) is 13.0 Å². The fourth-order valence-corrected chi connectivity index (χ4v) is 4.95. The summed E-state index contributed by atoms with van der Waals surface area (Å²) in [6, 6.07) is 39.2. The lowest BCUT2D eigenvalue weighted by molar-refractivity contribution is -0.345. The second-order valence-corrected chi connectivity index (χ2v) is 10.6. The normalized spacial score (nSPS) is 21.7. The number of allylic oxidation sites excluding steroid dienone is 1. The van der Waals surface area contributed by atoms with Gasteiger partial charge in [-0.15, -0.1) is 0 Å². The molecule has 4 aromatic rings. The quantitative estimate of drug-likeness (QED) is 0.161. The average molecular weight is 594 g/mol. The van der Waals surface area contributed by atoms with Gasteiger partial charge in [-0.1, -0.05) is 121 Å². The van der Waals surface area contributed by atoms with Gasteiger partial charge in [0.1, 0.15) is 18.2 Å². The molecule has 1 saturated heterocycles. The number of ketones is 1. The van der Waals surface area contributed by atoms with Crippen LogP contribution in [0.1, 0.15) is 29.2 Å². The van der Waals surface area contributed by atoms with Gasteiger partial charge < -0.3 is 29.0 Å². The fourth-order valence-electron chi connectivity index (χ4n) is 4.95. The molecule has 0 spiro atoms. The molecule has 7 nitrogen and oxygen atoms in total. The standard InChI is InChI=1S/C37H39NO6/c1-28(39)22-23-38-33-34(40-24-29-14-6-2-7-15-29)35(41-25-30-16-8-3-9-17-30)37(43-27-32-20-12-5-13-21-32)44-36(33)42-26-31-18-10-4-11-19-31/h2-23,33-38H,24-27H2,1H3/b23-22-/t33-,34-,35+,36+,37+/m1/s1. The summed E-state index contributed by atoms with van der Waals surface area (Å²) in [6.07, 6.45) is 0.280. The Bertz CT molecular complexity index is 1420. The number of carbonyl (C=O) groups excluding carboxylic acids is 1. The Balaban J connectivity index is 1.46. The van der Waals surface area contributed by atoms with E-state index in [-0.39, 0.29) is 5.78 Å². The SMILES string of the molecule is CC(=O)/C=C\N[C@H]1[C@@H](OCc2ccccc2)O[C@H](OCc2ccccc2)[C@@H](OCc2ccccc2)[C@@H]1OCc1ccccc1. The van der Waals surface area contributed by atoms with Crippen LogP contribution in [0.25, 0.3) is 0 Å². The van der Waals surface area contributed by atoms with Crippen LogP contribution >= 0.6 is 0 Å². The van der Waals surface area contributed by atoms with Crippen molar-refractivity contribution >= 4 is 5.78 Å². The minimum Gasteiger partial charge on any atom is -0.381 e. The lowest BCUT2D eigenvalue weighted by Crippen LogP contribution is -2.64. The van der Waals surface area contributed by atoms with Crippen molar-refractivity contribution < 1.29 is 28.5 Å². The minimum atomic E-state index is -0.810. The number of hydrogen-bond acceptors (Lipinski definition) is 7. The number of carbonyl (C=O) groups is 1. The molecule has 5 rings (SSSR count). The van der Waals surface area contributed by atoms with E-state index in [1.807, 2.05) is 121 Å². The second-order valence-electron chi connectivity index (χ2n) is 10.6. The predicted octanol–water partition coefficient (Wildman–Crippen LogP) is 6.33. The summed E-state index contributed by atoms with van der Waals surface area (Å²) in [6.45, 7) is 2.79. The van der Waals surface area contributed by atoms with Crippen molar-refractivity contribution in [3.05, 3.63) is 156 Å². The first-order valence-corrected chi connectivity index (χ1v) is 14.9. The van der Waals surface area contributed by atoms with Crippen LogP contribution in [0.5, 0.6) is 0 Å². The largest absolute Gasteiger partial charge is 0.381 e. The zero-order valence-corrected chi connectivity index (χ0v) is 24.9. The molecule has 1 aliphatic heterocycles. The van der Waals surface area contributed by atoms with Gasteiger partial charge in [0, 0.05) is 6.20 Å². The van der Waals surface area contributed by atoms with Crippen molar-refractivity contribution in [3.8, 4) is 0 Å². The minimum absolute atomic E-state index is 0.0846. The second kappa shape index (κ2) is 16.7. The van der Waals surface area contributed by atoms with Crippen LogP contribution in [0.2, 0.25) is 0 Å². The highest BCUT2D eigenvalue weighted by Crippen LogP contribution is 2.30. The molecule has 0 aliphatic carbocycles. The summed E-state index contributed by atoms with van der Waals surface area (Å²) in [7, 11) is 0. The molecular formula is C37H39NO6. The van der Waals surface area contributed by atoms with Gasteiger partial charge in [-0.3, -0.25) is 4.79 Å². The molecule has 0 bridgehead atoms.